The van der Waals surface area contributed by atoms with E-state index < -0.39 is 11.7 Å². The quantitative estimate of drug-likeness (QED) is 0.841. The predicted octanol–water partition coefficient (Wildman–Crippen LogP) is 2.57. The smallest absolute Gasteiger partial charge is 0.408 e. The molecule has 1 aromatic heterocycles. The number of nitrogens with zero attached hydrogens (tertiary/aromatic N) is 1. The molecule has 5 nitrogen and oxygen atoms in total. The second-order valence-electron chi connectivity index (χ2n) is 4.70. The molecule has 5 heteroatoms. The van der Waals surface area contributed by atoms with E-state index in [2.05, 4.69) is 10.3 Å². The third-order valence-electron chi connectivity index (χ3n) is 1.74. The number of aromatic nitrogens is 1. The summed E-state index contributed by atoms with van der Waals surface area (Å²) in [6.45, 7) is 9.05. The molecule has 0 spiro atoms. The van der Waals surface area contributed by atoms with E-state index in [1.807, 2.05) is 27.7 Å². The van der Waals surface area contributed by atoms with Gasteiger partial charge in [-0.25, -0.2) is 9.78 Å². The third kappa shape index (κ3) is 3.92. The molecule has 1 atom stereocenters. The summed E-state index contributed by atoms with van der Waals surface area (Å²) in [7, 11) is 0. The second kappa shape index (κ2) is 4.55. The van der Waals surface area contributed by atoms with Crippen LogP contribution in [-0.2, 0) is 4.74 Å². The highest BCUT2D eigenvalue weighted by Gasteiger charge is 2.20. The summed E-state index contributed by atoms with van der Waals surface area (Å²) >= 11 is 0. The first-order chi connectivity index (χ1) is 7.28. The number of rotatable bonds is 2. The fourth-order valence-corrected chi connectivity index (χ4v) is 1.12. The van der Waals surface area contributed by atoms with Crippen molar-refractivity contribution < 1.29 is 13.9 Å². The first-order valence-electron chi connectivity index (χ1n) is 5.19. The molecule has 1 unspecified atom stereocenters. The van der Waals surface area contributed by atoms with Crippen LogP contribution < -0.4 is 5.32 Å². The van der Waals surface area contributed by atoms with Crippen LogP contribution in [0.15, 0.2) is 10.7 Å². The average Bonchev–Trinajstić information content (AvgIpc) is 2.47. The van der Waals surface area contributed by atoms with Gasteiger partial charge < -0.3 is 14.5 Å². The van der Waals surface area contributed by atoms with Gasteiger partial charge in [0.25, 0.3) is 0 Å². The lowest BCUT2D eigenvalue weighted by molar-refractivity contribution is 0.0501. The van der Waals surface area contributed by atoms with Gasteiger partial charge in [-0.05, 0) is 34.6 Å². The van der Waals surface area contributed by atoms with Crippen LogP contribution in [0.3, 0.4) is 0 Å². The van der Waals surface area contributed by atoms with Gasteiger partial charge in [0, 0.05) is 0 Å². The second-order valence-corrected chi connectivity index (χ2v) is 4.70. The summed E-state index contributed by atoms with van der Waals surface area (Å²) < 4.78 is 10.3. The van der Waals surface area contributed by atoms with E-state index in [-0.39, 0.29) is 6.04 Å². The van der Waals surface area contributed by atoms with Gasteiger partial charge in [-0.15, -0.1) is 0 Å². The molecule has 0 aliphatic heterocycles. The molecule has 1 heterocycles. The van der Waals surface area contributed by atoms with E-state index in [0.29, 0.717) is 5.89 Å². The maximum atomic E-state index is 11.4. The van der Waals surface area contributed by atoms with Gasteiger partial charge in [0.2, 0.25) is 5.89 Å². The molecular formula is C11H18N2O3. The van der Waals surface area contributed by atoms with Crippen molar-refractivity contribution in [1.82, 2.24) is 10.3 Å². The minimum atomic E-state index is -0.504. The Bertz CT molecular complexity index is 366. The zero-order valence-electron chi connectivity index (χ0n) is 10.3. The molecule has 1 N–H and O–H groups in total. The van der Waals surface area contributed by atoms with Crippen LogP contribution in [-0.4, -0.2) is 16.7 Å². The first-order valence-corrected chi connectivity index (χ1v) is 5.19. The van der Waals surface area contributed by atoms with Crippen molar-refractivity contribution in [3.63, 3.8) is 0 Å². The maximum absolute atomic E-state index is 11.4. The van der Waals surface area contributed by atoms with Gasteiger partial charge >= 0.3 is 6.09 Å². The Morgan fingerprint density at radius 2 is 2.19 bits per heavy atom. The number of amides is 1. The van der Waals surface area contributed by atoms with Gasteiger partial charge in [-0.2, -0.15) is 0 Å². The number of ether oxygens (including phenoxy) is 1. The van der Waals surface area contributed by atoms with Gasteiger partial charge in [-0.1, -0.05) is 0 Å². The first kappa shape index (κ1) is 12.5. The van der Waals surface area contributed by atoms with Crippen molar-refractivity contribution in [2.45, 2.75) is 46.3 Å². The molecular weight excluding hydrogens is 208 g/mol. The lowest BCUT2D eigenvalue weighted by Gasteiger charge is -2.20. The van der Waals surface area contributed by atoms with E-state index in [9.17, 15) is 4.79 Å². The summed E-state index contributed by atoms with van der Waals surface area (Å²) in [6.07, 6.45) is 1.07. The lowest BCUT2D eigenvalue weighted by atomic mass is 10.2. The topological polar surface area (TPSA) is 64.4 Å². The molecule has 0 radical (unpaired) electrons. The Morgan fingerprint density at radius 3 is 2.62 bits per heavy atom. The number of hydrogen-bond acceptors (Lipinski definition) is 4. The van der Waals surface area contributed by atoms with Crippen molar-refractivity contribution in [1.29, 1.82) is 0 Å². The van der Waals surface area contributed by atoms with E-state index >= 15 is 0 Å². The molecule has 1 amide bonds. The summed E-state index contributed by atoms with van der Waals surface area (Å²) in [5.41, 5.74) is 0.281. The number of carbonyl (C=O) groups excluding carboxylic acids is 1. The number of aryl methyl sites for hydroxylation is 1. The van der Waals surface area contributed by atoms with Crippen LogP contribution in [0.2, 0.25) is 0 Å². The van der Waals surface area contributed by atoms with Crippen molar-refractivity contribution in [2.24, 2.45) is 0 Å². The third-order valence-corrected chi connectivity index (χ3v) is 1.74. The normalized spacial score (nSPS) is 13.3. The minimum Gasteiger partial charge on any atom is -0.446 e. The highest BCUT2D eigenvalue weighted by molar-refractivity contribution is 5.68. The van der Waals surface area contributed by atoms with Gasteiger partial charge in [0.15, 0.2) is 0 Å². The zero-order valence-corrected chi connectivity index (χ0v) is 10.3. The average molecular weight is 226 g/mol. The fraction of sp³-hybridized carbons (Fsp3) is 0.636. The molecule has 1 aromatic rings. The Kier molecular flexibility index (Phi) is 3.57. The molecule has 0 saturated carbocycles. The SMILES string of the molecule is Cc1coc(C(C)NC(=O)OC(C)(C)C)n1. The van der Waals surface area contributed by atoms with Crippen LogP contribution >= 0.6 is 0 Å². The number of alkyl carbamates (subject to hydrolysis) is 1. The van der Waals surface area contributed by atoms with Crippen LogP contribution in [0.4, 0.5) is 4.79 Å². The molecule has 0 aliphatic rings. The van der Waals surface area contributed by atoms with E-state index in [1.165, 1.54) is 0 Å². The monoisotopic (exact) mass is 226 g/mol. The Hall–Kier alpha value is -1.52. The summed E-state index contributed by atoms with van der Waals surface area (Å²) in [5, 5.41) is 2.65. The molecule has 0 aromatic carbocycles. The number of oxazole rings is 1. The van der Waals surface area contributed by atoms with Crippen LogP contribution in [0.25, 0.3) is 0 Å². The summed E-state index contributed by atoms with van der Waals surface area (Å²) in [6, 6.07) is -0.302. The van der Waals surface area contributed by atoms with Gasteiger partial charge in [0.1, 0.15) is 17.9 Å². The number of nitrogens with one attached hydrogen (secondary N) is 1. The van der Waals surface area contributed by atoms with Gasteiger partial charge in [0.05, 0.1) is 5.69 Å². The zero-order chi connectivity index (χ0) is 12.3. The van der Waals surface area contributed by atoms with E-state index in [4.69, 9.17) is 9.15 Å². The number of carbonyl (C=O) groups is 1. The molecule has 90 valence electrons. The van der Waals surface area contributed by atoms with Crippen molar-refractivity contribution >= 4 is 6.09 Å². The van der Waals surface area contributed by atoms with Crippen molar-refractivity contribution in [3.05, 3.63) is 17.8 Å². The van der Waals surface area contributed by atoms with Crippen LogP contribution in [0, 0.1) is 6.92 Å². The Labute approximate surface area is 95.2 Å². The Morgan fingerprint density at radius 1 is 1.56 bits per heavy atom. The lowest BCUT2D eigenvalue weighted by Crippen LogP contribution is -2.34. The van der Waals surface area contributed by atoms with E-state index in [1.54, 1.807) is 13.2 Å². The highest BCUT2D eigenvalue weighted by atomic mass is 16.6. The fourth-order valence-electron chi connectivity index (χ4n) is 1.12. The summed E-state index contributed by atoms with van der Waals surface area (Å²) in [4.78, 5) is 15.6. The summed E-state index contributed by atoms with van der Waals surface area (Å²) in [5.74, 6) is 0.475. The standard InChI is InChI=1S/C11H18N2O3/c1-7-6-15-9(12-7)8(2)13-10(14)16-11(3,4)5/h6,8H,1-5H3,(H,13,14). The minimum absolute atomic E-state index is 0.302. The van der Waals surface area contributed by atoms with E-state index in [0.717, 1.165) is 5.69 Å². The molecule has 0 fully saturated rings. The van der Waals surface area contributed by atoms with Crippen LogP contribution in [0.1, 0.15) is 45.3 Å². The molecule has 0 aliphatic carbocycles. The largest absolute Gasteiger partial charge is 0.446 e. The number of hydrogen-bond donors (Lipinski definition) is 1. The molecule has 16 heavy (non-hydrogen) atoms. The van der Waals surface area contributed by atoms with Crippen molar-refractivity contribution in [2.75, 3.05) is 0 Å². The maximum Gasteiger partial charge on any atom is 0.408 e. The molecule has 0 saturated heterocycles. The highest BCUT2D eigenvalue weighted by Crippen LogP contribution is 2.13. The molecule has 1 rings (SSSR count). The Balaban J connectivity index is 2.52. The molecule has 0 bridgehead atoms. The van der Waals surface area contributed by atoms with Gasteiger partial charge in [-0.3, -0.25) is 0 Å². The predicted molar refractivity (Wildman–Crippen MR) is 59.0 cm³/mol. The van der Waals surface area contributed by atoms with Crippen LogP contribution in [0.5, 0.6) is 0 Å². The van der Waals surface area contributed by atoms with Crippen molar-refractivity contribution in [3.8, 4) is 0 Å².